The molecule has 2 aromatic carbocycles. The van der Waals surface area contributed by atoms with E-state index in [0.717, 1.165) is 40.9 Å². The largest absolute Gasteiger partial charge is 0.487 e. The van der Waals surface area contributed by atoms with Gasteiger partial charge in [-0.15, -0.1) is 0 Å². The number of fused-ring (bicyclic) bond motifs is 1. The maximum atomic E-state index is 6.16. The third kappa shape index (κ3) is 2.62. The van der Waals surface area contributed by atoms with Gasteiger partial charge in [0.2, 0.25) is 0 Å². The van der Waals surface area contributed by atoms with Crippen molar-refractivity contribution in [1.29, 1.82) is 0 Å². The van der Waals surface area contributed by atoms with Crippen LogP contribution in [0.25, 0.3) is 22.0 Å². The molecule has 1 aliphatic rings. The van der Waals surface area contributed by atoms with Gasteiger partial charge < -0.3 is 10.5 Å². The number of likely N-dealkylation sites (N-methyl/N-ethyl adjacent to an activating group) is 1. The quantitative estimate of drug-likeness (QED) is 0.807. The number of likely N-dealkylation sites (tertiary alicyclic amines) is 1. The summed E-state index contributed by atoms with van der Waals surface area (Å²) in [6.07, 6.45) is 0.278. The lowest BCUT2D eigenvalue weighted by molar-refractivity contribution is 0.0399. The summed E-state index contributed by atoms with van der Waals surface area (Å²) in [5.74, 6) is 1.47. The molecule has 2 heterocycles. The highest BCUT2D eigenvalue weighted by Crippen LogP contribution is 2.34. The Balaban J connectivity index is 1.79. The molecule has 0 amide bonds. The predicted molar refractivity (Wildman–Crippen MR) is 93.5 cm³/mol. The van der Waals surface area contributed by atoms with Crippen LogP contribution in [0.2, 0.25) is 0 Å². The predicted octanol–water partition coefficient (Wildman–Crippen LogP) is 3.18. The fourth-order valence-electron chi connectivity index (χ4n) is 3.09. The standard InChI is InChI=1S/C19H19N3O/c1-22-11-13(12-22)23-18-10-9-15(14-5-2-3-6-16(14)18)17-7-4-8-19(20)21-17/h2-10,13H,11-12H2,1H3,(H2,20,21). The van der Waals surface area contributed by atoms with Crippen LogP contribution in [0.3, 0.4) is 0 Å². The molecule has 0 spiro atoms. The Hall–Kier alpha value is -2.59. The van der Waals surface area contributed by atoms with E-state index < -0.39 is 0 Å². The monoisotopic (exact) mass is 305 g/mol. The zero-order chi connectivity index (χ0) is 15.8. The number of hydrogen-bond donors (Lipinski definition) is 1. The zero-order valence-corrected chi connectivity index (χ0v) is 13.1. The van der Waals surface area contributed by atoms with E-state index >= 15 is 0 Å². The molecule has 1 aliphatic heterocycles. The van der Waals surface area contributed by atoms with Gasteiger partial charge in [-0.25, -0.2) is 4.98 Å². The second-order valence-corrected chi connectivity index (χ2v) is 6.07. The summed E-state index contributed by atoms with van der Waals surface area (Å²) in [7, 11) is 2.10. The summed E-state index contributed by atoms with van der Waals surface area (Å²) in [4.78, 5) is 6.70. The van der Waals surface area contributed by atoms with Crippen molar-refractivity contribution in [3.8, 4) is 17.0 Å². The van der Waals surface area contributed by atoms with E-state index in [1.165, 1.54) is 0 Å². The first-order valence-electron chi connectivity index (χ1n) is 7.80. The number of nitrogens with zero attached hydrogens (tertiary/aromatic N) is 2. The summed E-state index contributed by atoms with van der Waals surface area (Å²) in [6.45, 7) is 1.96. The lowest BCUT2D eigenvalue weighted by atomic mass is 10.0. The van der Waals surface area contributed by atoms with Gasteiger partial charge in [0, 0.05) is 24.0 Å². The van der Waals surface area contributed by atoms with Gasteiger partial charge in [-0.2, -0.15) is 0 Å². The van der Waals surface area contributed by atoms with Gasteiger partial charge in [0.25, 0.3) is 0 Å². The van der Waals surface area contributed by atoms with E-state index in [-0.39, 0.29) is 6.10 Å². The summed E-state index contributed by atoms with van der Waals surface area (Å²) in [6, 6.07) is 18.1. The zero-order valence-electron chi connectivity index (χ0n) is 13.1. The molecule has 1 aromatic heterocycles. The van der Waals surface area contributed by atoms with E-state index in [1.807, 2.05) is 30.3 Å². The molecule has 2 N–H and O–H groups in total. The Kier molecular flexibility index (Phi) is 3.39. The van der Waals surface area contributed by atoms with Crippen LogP contribution in [0.5, 0.6) is 5.75 Å². The highest BCUT2D eigenvalue weighted by Gasteiger charge is 2.25. The second-order valence-electron chi connectivity index (χ2n) is 6.07. The Morgan fingerprint density at radius 2 is 1.78 bits per heavy atom. The Morgan fingerprint density at radius 1 is 1.00 bits per heavy atom. The van der Waals surface area contributed by atoms with Crippen LogP contribution < -0.4 is 10.5 Å². The molecule has 4 rings (SSSR count). The minimum Gasteiger partial charge on any atom is -0.487 e. The van der Waals surface area contributed by atoms with E-state index in [1.54, 1.807) is 6.07 Å². The van der Waals surface area contributed by atoms with Gasteiger partial charge in [-0.1, -0.05) is 30.3 Å². The van der Waals surface area contributed by atoms with Crippen molar-refractivity contribution in [1.82, 2.24) is 9.88 Å². The SMILES string of the molecule is CN1CC(Oc2ccc(-c3cccc(N)n3)c3ccccc23)C1. The smallest absolute Gasteiger partial charge is 0.127 e. The molecule has 1 fully saturated rings. The van der Waals surface area contributed by atoms with Gasteiger partial charge in [0.1, 0.15) is 17.7 Å². The number of pyridine rings is 1. The third-order valence-electron chi connectivity index (χ3n) is 4.25. The molecule has 4 heteroatoms. The lowest BCUT2D eigenvalue weighted by Crippen LogP contribution is -2.51. The van der Waals surface area contributed by atoms with Crippen molar-refractivity contribution in [2.75, 3.05) is 25.9 Å². The van der Waals surface area contributed by atoms with Crippen molar-refractivity contribution < 1.29 is 4.74 Å². The summed E-state index contributed by atoms with van der Waals surface area (Å²) >= 11 is 0. The first-order chi connectivity index (χ1) is 11.2. The molecule has 3 aromatic rings. The number of nitrogen functional groups attached to an aromatic ring is 1. The van der Waals surface area contributed by atoms with Crippen LogP contribution in [-0.2, 0) is 0 Å². The molecule has 23 heavy (non-hydrogen) atoms. The van der Waals surface area contributed by atoms with Crippen LogP contribution in [-0.4, -0.2) is 36.1 Å². The molecule has 116 valence electrons. The molecule has 4 nitrogen and oxygen atoms in total. The van der Waals surface area contributed by atoms with E-state index in [9.17, 15) is 0 Å². The van der Waals surface area contributed by atoms with Crippen LogP contribution in [0.4, 0.5) is 5.82 Å². The average Bonchev–Trinajstić information content (AvgIpc) is 2.53. The Morgan fingerprint density at radius 3 is 2.52 bits per heavy atom. The molecule has 0 saturated carbocycles. The minimum absolute atomic E-state index is 0.278. The van der Waals surface area contributed by atoms with Crippen LogP contribution in [0, 0.1) is 0 Å². The molecule has 0 atom stereocenters. The van der Waals surface area contributed by atoms with E-state index in [2.05, 4.69) is 35.1 Å². The van der Waals surface area contributed by atoms with Gasteiger partial charge >= 0.3 is 0 Å². The topological polar surface area (TPSA) is 51.4 Å². The Bertz CT molecular complexity index is 856. The fourth-order valence-corrected chi connectivity index (χ4v) is 3.09. The molecular formula is C19H19N3O. The fraction of sp³-hybridized carbons (Fsp3) is 0.211. The summed E-state index contributed by atoms with van der Waals surface area (Å²) < 4.78 is 6.16. The maximum Gasteiger partial charge on any atom is 0.127 e. The number of nitrogens with two attached hydrogens (primary N) is 1. The van der Waals surface area contributed by atoms with Gasteiger partial charge in [0.15, 0.2) is 0 Å². The van der Waals surface area contributed by atoms with Crippen molar-refractivity contribution >= 4 is 16.6 Å². The summed E-state index contributed by atoms with van der Waals surface area (Å²) in [5.41, 5.74) is 7.79. The first-order valence-corrected chi connectivity index (χ1v) is 7.80. The van der Waals surface area contributed by atoms with Crippen molar-refractivity contribution in [2.45, 2.75) is 6.10 Å². The molecule has 0 unspecified atom stereocenters. The van der Waals surface area contributed by atoms with Crippen LogP contribution in [0.15, 0.2) is 54.6 Å². The average molecular weight is 305 g/mol. The highest BCUT2D eigenvalue weighted by atomic mass is 16.5. The summed E-state index contributed by atoms with van der Waals surface area (Å²) in [5, 5.41) is 2.25. The van der Waals surface area contributed by atoms with Crippen molar-refractivity contribution in [3.63, 3.8) is 0 Å². The number of benzene rings is 2. The van der Waals surface area contributed by atoms with Crippen LogP contribution >= 0.6 is 0 Å². The lowest BCUT2D eigenvalue weighted by Gasteiger charge is -2.36. The molecule has 0 radical (unpaired) electrons. The van der Waals surface area contributed by atoms with Gasteiger partial charge in [-0.05, 0) is 36.7 Å². The third-order valence-corrected chi connectivity index (χ3v) is 4.25. The normalized spacial score (nSPS) is 15.5. The van der Waals surface area contributed by atoms with Gasteiger partial charge in [0.05, 0.1) is 5.69 Å². The second kappa shape index (κ2) is 5.56. The maximum absolute atomic E-state index is 6.16. The van der Waals surface area contributed by atoms with E-state index in [0.29, 0.717) is 5.82 Å². The van der Waals surface area contributed by atoms with E-state index in [4.69, 9.17) is 10.5 Å². The number of hydrogen-bond acceptors (Lipinski definition) is 4. The molecule has 1 saturated heterocycles. The number of rotatable bonds is 3. The minimum atomic E-state index is 0.278. The molecule has 0 bridgehead atoms. The number of aromatic nitrogens is 1. The number of anilines is 1. The number of ether oxygens (including phenoxy) is 1. The van der Waals surface area contributed by atoms with Crippen molar-refractivity contribution in [3.05, 3.63) is 54.6 Å². The van der Waals surface area contributed by atoms with Crippen LogP contribution in [0.1, 0.15) is 0 Å². The Labute approximate surface area is 135 Å². The van der Waals surface area contributed by atoms with Crippen molar-refractivity contribution in [2.24, 2.45) is 0 Å². The highest BCUT2D eigenvalue weighted by molar-refractivity contribution is 5.99. The molecule has 0 aliphatic carbocycles. The molecular weight excluding hydrogens is 286 g/mol. The first kappa shape index (κ1) is 14.0. The van der Waals surface area contributed by atoms with Gasteiger partial charge in [-0.3, -0.25) is 4.90 Å².